The number of carbonyl (C=O) groups is 1. The zero-order valence-electron chi connectivity index (χ0n) is 10.0. The van der Waals surface area contributed by atoms with Crippen LogP contribution >= 0.6 is 11.6 Å². The standard InChI is InChI=1S/C12H13ClFN3O/c1-6(2)17-10(11(15)16-12(17)18)8-4-3-7(13)5-9(8)14/h3-6,10H,1-2H3,(H2,15,16,18). The molecule has 6 heteroatoms. The lowest BCUT2D eigenvalue weighted by atomic mass is 10.0. The Labute approximate surface area is 109 Å². The van der Waals surface area contributed by atoms with Crippen LogP contribution in [0.2, 0.25) is 5.02 Å². The van der Waals surface area contributed by atoms with Crippen LogP contribution in [0.4, 0.5) is 9.18 Å². The highest BCUT2D eigenvalue weighted by Crippen LogP contribution is 2.31. The second-order valence-electron chi connectivity index (χ2n) is 4.39. The molecular formula is C12H13ClFN3O. The number of hydrogen-bond acceptors (Lipinski definition) is 2. The van der Waals surface area contributed by atoms with Gasteiger partial charge in [0.05, 0.1) is 0 Å². The van der Waals surface area contributed by atoms with Crippen LogP contribution in [-0.2, 0) is 0 Å². The van der Waals surface area contributed by atoms with Crippen LogP contribution in [0.5, 0.6) is 0 Å². The molecule has 0 aromatic heterocycles. The SMILES string of the molecule is CC(C)N1C(=O)N=C(N)C1c1ccc(Cl)cc1F. The van der Waals surface area contributed by atoms with E-state index in [0.29, 0.717) is 10.6 Å². The van der Waals surface area contributed by atoms with E-state index < -0.39 is 17.9 Å². The number of halogens is 2. The lowest BCUT2D eigenvalue weighted by molar-refractivity contribution is 0.189. The number of amidine groups is 1. The van der Waals surface area contributed by atoms with Gasteiger partial charge in [0, 0.05) is 16.6 Å². The van der Waals surface area contributed by atoms with Gasteiger partial charge in [-0.05, 0) is 26.0 Å². The number of carbonyl (C=O) groups excluding carboxylic acids is 1. The first kappa shape index (κ1) is 12.8. The lowest BCUT2D eigenvalue weighted by Gasteiger charge is -2.28. The highest BCUT2D eigenvalue weighted by molar-refractivity contribution is 6.30. The molecule has 1 aromatic rings. The van der Waals surface area contributed by atoms with Crippen LogP contribution in [0.1, 0.15) is 25.5 Å². The Bertz CT molecular complexity index is 530. The average Bonchev–Trinajstić information content (AvgIpc) is 2.53. The molecule has 2 amide bonds. The van der Waals surface area contributed by atoms with Crippen molar-refractivity contribution < 1.29 is 9.18 Å². The summed E-state index contributed by atoms with van der Waals surface area (Å²) in [7, 11) is 0. The topological polar surface area (TPSA) is 58.7 Å². The van der Waals surface area contributed by atoms with Gasteiger partial charge in [0.2, 0.25) is 0 Å². The summed E-state index contributed by atoms with van der Waals surface area (Å²) < 4.78 is 13.9. The summed E-state index contributed by atoms with van der Waals surface area (Å²) in [4.78, 5) is 16.8. The van der Waals surface area contributed by atoms with Gasteiger partial charge in [0.25, 0.3) is 0 Å². The quantitative estimate of drug-likeness (QED) is 0.897. The van der Waals surface area contributed by atoms with E-state index in [4.69, 9.17) is 17.3 Å². The first-order valence-electron chi connectivity index (χ1n) is 5.53. The van der Waals surface area contributed by atoms with E-state index in [0.717, 1.165) is 0 Å². The molecule has 96 valence electrons. The van der Waals surface area contributed by atoms with E-state index >= 15 is 0 Å². The first-order valence-corrected chi connectivity index (χ1v) is 5.91. The highest BCUT2D eigenvalue weighted by atomic mass is 35.5. The van der Waals surface area contributed by atoms with Crippen molar-refractivity contribution in [1.29, 1.82) is 0 Å². The molecule has 0 fully saturated rings. The third-order valence-corrected chi connectivity index (χ3v) is 3.05. The third kappa shape index (κ3) is 2.06. The molecule has 4 nitrogen and oxygen atoms in total. The number of urea groups is 1. The van der Waals surface area contributed by atoms with Crippen LogP contribution in [0, 0.1) is 5.82 Å². The molecule has 2 N–H and O–H groups in total. The fourth-order valence-electron chi connectivity index (χ4n) is 2.03. The molecule has 18 heavy (non-hydrogen) atoms. The van der Waals surface area contributed by atoms with E-state index in [-0.39, 0.29) is 11.9 Å². The van der Waals surface area contributed by atoms with Gasteiger partial charge in [-0.1, -0.05) is 17.7 Å². The van der Waals surface area contributed by atoms with Crippen LogP contribution < -0.4 is 5.73 Å². The summed E-state index contributed by atoms with van der Waals surface area (Å²) in [5.41, 5.74) is 6.03. The molecule has 0 radical (unpaired) electrons. The Kier molecular flexibility index (Phi) is 3.26. The van der Waals surface area contributed by atoms with Crippen molar-refractivity contribution >= 4 is 23.5 Å². The third-order valence-electron chi connectivity index (χ3n) is 2.82. The minimum atomic E-state index is -0.658. The van der Waals surface area contributed by atoms with E-state index in [1.54, 1.807) is 6.07 Å². The minimum absolute atomic E-state index is 0.106. The van der Waals surface area contributed by atoms with Gasteiger partial charge in [-0.15, -0.1) is 0 Å². The van der Waals surface area contributed by atoms with Gasteiger partial charge < -0.3 is 10.6 Å². The molecule has 0 spiro atoms. The monoisotopic (exact) mass is 269 g/mol. The number of amides is 2. The normalized spacial score (nSPS) is 19.6. The van der Waals surface area contributed by atoms with E-state index in [1.165, 1.54) is 17.0 Å². The summed E-state index contributed by atoms with van der Waals surface area (Å²) >= 11 is 5.71. The first-order chi connectivity index (χ1) is 8.41. The van der Waals surface area contributed by atoms with Gasteiger partial charge in [-0.25, -0.2) is 9.18 Å². The van der Waals surface area contributed by atoms with Crippen LogP contribution in [0.25, 0.3) is 0 Å². The minimum Gasteiger partial charge on any atom is -0.385 e. The van der Waals surface area contributed by atoms with Crippen molar-refractivity contribution in [2.75, 3.05) is 0 Å². The molecule has 1 atom stereocenters. The maximum Gasteiger partial charge on any atom is 0.346 e. The Balaban J connectivity index is 2.48. The van der Waals surface area contributed by atoms with Crippen molar-refractivity contribution in [1.82, 2.24) is 4.90 Å². The molecule has 0 bridgehead atoms. The summed E-state index contributed by atoms with van der Waals surface area (Å²) in [6.07, 6.45) is 0. The number of rotatable bonds is 2. The molecule has 1 aliphatic heterocycles. The highest BCUT2D eigenvalue weighted by Gasteiger charge is 2.37. The predicted molar refractivity (Wildman–Crippen MR) is 68.1 cm³/mol. The Morgan fingerprint density at radius 2 is 2.17 bits per heavy atom. The zero-order valence-corrected chi connectivity index (χ0v) is 10.8. The number of nitrogens with zero attached hydrogens (tertiary/aromatic N) is 2. The summed E-state index contributed by atoms with van der Waals surface area (Å²) in [6, 6.07) is 3.07. The zero-order chi connectivity index (χ0) is 13.4. The largest absolute Gasteiger partial charge is 0.385 e. The Hall–Kier alpha value is -1.62. The molecule has 0 saturated carbocycles. The van der Waals surface area contributed by atoms with Gasteiger partial charge in [-0.3, -0.25) is 0 Å². The number of benzene rings is 1. The number of aliphatic imine (C=N–C) groups is 1. The molecule has 0 aliphatic carbocycles. The van der Waals surface area contributed by atoms with E-state index in [1.807, 2.05) is 13.8 Å². The maximum atomic E-state index is 13.9. The van der Waals surface area contributed by atoms with E-state index in [2.05, 4.69) is 4.99 Å². The lowest BCUT2D eigenvalue weighted by Crippen LogP contribution is -2.38. The molecule has 1 unspecified atom stereocenters. The van der Waals surface area contributed by atoms with Gasteiger partial charge in [0.1, 0.15) is 17.7 Å². The fraction of sp³-hybridized carbons (Fsp3) is 0.333. The van der Waals surface area contributed by atoms with Gasteiger partial charge in [-0.2, -0.15) is 4.99 Å². The van der Waals surface area contributed by atoms with Crippen molar-refractivity contribution in [3.63, 3.8) is 0 Å². The second-order valence-corrected chi connectivity index (χ2v) is 4.83. The fourth-order valence-corrected chi connectivity index (χ4v) is 2.19. The van der Waals surface area contributed by atoms with Crippen LogP contribution in [-0.4, -0.2) is 22.8 Å². The Morgan fingerprint density at radius 1 is 1.50 bits per heavy atom. The van der Waals surface area contributed by atoms with Crippen molar-refractivity contribution in [2.24, 2.45) is 10.7 Å². The molecule has 1 aromatic carbocycles. The molecular weight excluding hydrogens is 257 g/mol. The smallest absolute Gasteiger partial charge is 0.346 e. The summed E-state index contributed by atoms with van der Waals surface area (Å²) in [5, 5.41) is 0.298. The molecule has 2 rings (SSSR count). The molecule has 1 heterocycles. The maximum absolute atomic E-state index is 13.9. The van der Waals surface area contributed by atoms with Gasteiger partial charge in [0.15, 0.2) is 0 Å². The molecule has 0 saturated heterocycles. The van der Waals surface area contributed by atoms with Crippen LogP contribution in [0.15, 0.2) is 23.2 Å². The average molecular weight is 270 g/mol. The van der Waals surface area contributed by atoms with Crippen molar-refractivity contribution in [3.8, 4) is 0 Å². The number of nitrogens with two attached hydrogens (primary N) is 1. The van der Waals surface area contributed by atoms with Crippen molar-refractivity contribution in [2.45, 2.75) is 25.9 Å². The summed E-state index contributed by atoms with van der Waals surface area (Å²) in [5.74, 6) is -0.388. The second kappa shape index (κ2) is 4.57. The Morgan fingerprint density at radius 3 is 2.72 bits per heavy atom. The molecule has 1 aliphatic rings. The summed E-state index contributed by atoms with van der Waals surface area (Å²) in [6.45, 7) is 3.65. The van der Waals surface area contributed by atoms with Crippen LogP contribution in [0.3, 0.4) is 0 Å². The number of hydrogen-bond donors (Lipinski definition) is 1. The van der Waals surface area contributed by atoms with E-state index in [9.17, 15) is 9.18 Å². The van der Waals surface area contributed by atoms with Crippen molar-refractivity contribution in [3.05, 3.63) is 34.6 Å². The predicted octanol–water partition coefficient (Wildman–Crippen LogP) is 2.72. The van der Waals surface area contributed by atoms with Gasteiger partial charge >= 0.3 is 6.03 Å².